The molecule has 0 saturated carbocycles. The lowest BCUT2D eigenvalue weighted by Crippen LogP contribution is -2.44. The predicted octanol–water partition coefficient (Wildman–Crippen LogP) is 3.86. The van der Waals surface area contributed by atoms with E-state index in [-0.39, 0.29) is 36.0 Å². The van der Waals surface area contributed by atoms with Crippen LogP contribution < -0.4 is 15.4 Å². The molecule has 1 atom stereocenters. The van der Waals surface area contributed by atoms with Crippen molar-refractivity contribution >= 4 is 35.8 Å². The Balaban J connectivity index is 0.00000420. The van der Waals surface area contributed by atoms with Crippen molar-refractivity contribution in [2.75, 3.05) is 20.1 Å². The molecule has 1 aromatic rings. The predicted molar refractivity (Wildman–Crippen MR) is 130 cm³/mol. The number of nitrogens with zero attached hydrogens (tertiary/aromatic N) is 2. The first kappa shape index (κ1) is 25.5. The Hall–Kier alpha value is -1.51. The highest BCUT2D eigenvalue weighted by atomic mass is 127. The Labute approximate surface area is 192 Å². The summed E-state index contributed by atoms with van der Waals surface area (Å²) in [5, 5.41) is 6.56. The molecule has 0 aliphatic carbocycles. The maximum atomic E-state index is 12.4. The molecule has 0 radical (unpaired) electrons. The van der Waals surface area contributed by atoms with Crippen molar-refractivity contribution in [3.05, 3.63) is 29.3 Å². The molecule has 1 saturated heterocycles. The SMILES string of the molecule is CN=C(NCCC(=O)N1CCCCC1C)NCc1ccc(C)cc1OC(C)C.I. The van der Waals surface area contributed by atoms with Gasteiger partial charge in [-0.15, -0.1) is 24.0 Å². The van der Waals surface area contributed by atoms with E-state index in [0.29, 0.717) is 31.5 Å². The zero-order valence-corrected chi connectivity index (χ0v) is 20.8. The molecule has 1 aliphatic rings. The molecular weight excluding hydrogens is 479 g/mol. The summed E-state index contributed by atoms with van der Waals surface area (Å²) < 4.78 is 5.93. The van der Waals surface area contributed by atoms with Crippen LogP contribution in [0.5, 0.6) is 5.75 Å². The number of carbonyl (C=O) groups is 1. The maximum absolute atomic E-state index is 12.4. The number of nitrogens with one attached hydrogen (secondary N) is 2. The van der Waals surface area contributed by atoms with E-state index in [9.17, 15) is 4.79 Å². The van der Waals surface area contributed by atoms with Crippen molar-refractivity contribution in [3.8, 4) is 5.75 Å². The van der Waals surface area contributed by atoms with Gasteiger partial charge in [-0.1, -0.05) is 12.1 Å². The lowest BCUT2D eigenvalue weighted by molar-refractivity contribution is -0.134. The molecule has 7 heteroatoms. The van der Waals surface area contributed by atoms with Gasteiger partial charge in [0.2, 0.25) is 5.91 Å². The molecule has 1 amide bonds. The second-order valence-electron chi connectivity index (χ2n) is 7.81. The second kappa shape index (κ2) is 12.9. The number of hydrogen-bond donors (Lipinski definition) is 2. The Morgan fingerprint density at radius 1 is 1.31 bits per heavy atom. The summed E-state index contributed by atoms with van der Waals surface area (Å²) in [7, 11) is 1.74. The minimum atomic E-state index is 0. The standard InChI is InChI=1S/C22H36N4O2.HI/c1-16(2)28-20-14-17(3)9-10-19(20)15-25-22(23-5)24-12-11-21(27)26-13-7-6-8-18(26)4;/h9-10,14,16,18H,6-8,11-13,15H2,1-5H3,(H2,23,24,25);1H. The van der Waals surface area contributed by atoms with E-state index in [1.807, 2.05) is 18.7 Å². The first-order valence-corrected chi connectivity index (χ1v) is 10.4. The van der Waals surface area contributed by atoms with Crippen LogP contribution in [0.25, 0.3) is 0 Å². The van der Waals surface area contributed by atoms with E-state index in [2.05, 4.69) is 47.7 Å². The Morgan fingerprint density at radius 2 is 2.07 bits per heavy atom. The van der Waals surface area contributed by atoms with Crippen LogP contribution in [0.1, 0.15) is 57.6 Å². The molecular formula is C22H37IN4O2. The Kier molecular flexibility index (Phi) is 11.4. The molecule has 0 aromatic heterocycles. The minimum absolute atomic E-state index is 0. The second-order valence-corrected chi connectivity index (χ2v) is 7.81. The average Bonchev–Trinajstić information content (AvgIpc) is 2.65. The van der Waals surface area contributed by atoms with Crippen LogP contribution in [-0.4, -0.2) is 49.0 Å². The quantitative estimate of drug-likeness (QED) is 0.328. The molecule has 29 heavy (non-hydrogen) atoms. The number of rotatable bonds is 7. The van der Waals surface area contributed by atoms with Crippen molar-refractivity contribution in [3.63, 3.8) is 0 Å². The molecule has 0 bridgehead atoms. The number of guanidine groups is 1. The van der Waals surface area contributed by atoms with Gasteiger partial charge in [-0.2, -0.15) is 0 Å². The topological polar surface area (TPSA) is 66.0 Å². The third kappa shape index (κ3) is 8.40. The van der Waals surface area contributed by atoms with Gasteiger partial charge in [0.15, 0.2) is 5.96 Å². The van der Waals surface area contributed by atoms with Crippen molar-refractivity contribution in [2.24, 2.45) is 4.99 Å². The number of carbonyl (C=O) groups excluding carboxylic acids is 1. The molecule has 1 fully saturated rings. The van der Waals surface area contributed by atoms with E-state index in [4.69, 9.17) is 4.74 Å². The summed E-state index contributed by atoms with van der Waals surface area (Å²) in [4.78, 5) is 18.7. The Morgan fingerprint density at radius 3 is 2.72 bits per heavy atom. The molecule has 1 heterocycles. The number of benzene rings is 1. The highest BCUT2D eigenvalue weighted by Crippen LogP contribution is 2.21. The molecule has 164 valence electrons. The van der Waals surface area contributed by atoms with E-state index >= 15 is 0 Å². The number of aryl methyl sites for hydroxylation is 1. The highest BCUT2D eigenvalue weighted by molar-refractivity contribution is 14.0. The van der Waals surface area contributed by atoms with Crippen LogP contribution >= 0.6 is 24.0 Å². The number of piperidine rings is 1. The Bertz CT molecular complexity index is 679. The van der Waals surface area contributed by atoms with Gasteiger partial charge in [0.25, 0.3) is 0 Å². The number of ether oxygens (including phenoxy) is 1. The van der Waals surface area contributed by atoms with Crippen LogP contribution in [0.4, 0.5) is 0 Å². The molecule has 1 aliphatic heterocycles. The first-order valence-electron chi connectivity index (χ1n) is 10.4. The van der Waals surface area contributed by atoms with Crippen molar-refractivity contribution in [2.45, 2.75) is 72.1 Å². The zero-order valence-electron chi connectivity index (χ0n) is 18.5. The molecule has 2 rings (SSSR count). The molecule has 1 aromatic carbocycles. The monoisotopic (exact) mass is 516 g/mol. The number of halogens is 1. The maximum Gasteiger partial charge on any atom is 0.224 e. The molecule has 0 spiro atoms. The summed E-state index contributed by atoms with van der Waals surface area (Å²) >= 11 is 0. The van der Waals surface area contributed by atoms with Gasteiger partial charge in [0.05, 0.1) is 6.10 Å². The molecule has 2 N–H and O–H groups in total. The summed E-state index contributed by atoms with van der Waals surface area (Å²) in [6, 6.07) is 6.58. The van der Waals surface area contributed by atoms with Crippen LogP contribution in [0.15, 0.2) is 23.2 Å². The van der Waals surface area contributed by atoms with Crippen LogP contribution in [-0.2, 0) is 11.3 Å². The van der Waals surface area contributed by atoms with Gasteiger partial charge < -0.3 is 20.3 Å². The van der Waals surface area contributed by atoms with Crippen LogP contribution in [0.3, 0.4) is 0 Å². The normalized spacial score (nSPS) is 17.0. The van der Waals surface area contributed by atoms with Gasteiger partial charge in [-0.25, -0.2) is 0 Å². The van der Waals surface area contributed by atoms with Crippen LogP contribution in [0, 0.1) is 6.92 Å². The van der Waals surface area contributed by atoms with Gasteiger partial charge in [0.1, 0.15) is 5.75 Å². The zero-order chi connectivity index (χ0) is 20.5. The van der Waals surface area contributed by atoms with Gasteiger partial charge in [-0.05, 0) is 58.6 Å². The number of hydrogen-bond acceptors (Lipinski definition) is 3. The summed E-state index contributed by atoms with van der Waals surface area (Å²) in [6.45, 7) is 10.3. The largest absolute Gasteiger partial charge is 0.491 e. The van der Waals surface area contributed by atoms with E-state index in [1.165, 1.54) is 12.0 Å². The summed E-state index contributed by atoms with van der Waals surface area (Å²) in [6.07, 6.45) is 4.06. The van der Waals surface area contributed by atoms with Gasteiger partial charge in [0, 0.05) is 44.7 Å². The lowest BCUT2D eigenvalue weighted by atomic mass is 10.0. The fraction of sp³-hybridized carbons (Fsp3) is 0.636. The van der Waals surface area contributed by atoms with Crippen molar-refractivity contribution in [1.29, 1.82) is 0 Å². The fourth-order valence-electron chi connectivity index (χ4n) is 3.47. The van der Waals surface area contributed by atoms with Gasteiger partial charge >= 0.3 is 0 Å². The first-order chi connectivity index (χ1) is 13.4. The number of aliphatic imine (C=N–C) groups is 1. The van der Waals surface area contributed by atoms with E-state index < -0.39 is 0 Å². The molecule has 1 unspecified atom stereocenters. The van der Waals surface area contributed by atoms with E-state index in [0.717, 1.165) is 30.7 Å². The van der Waals surface area contributed by atoms with Crippen LogP contribution in [0.2, 0.25) is 0 Å². The third-order valence-electron chi connectivity index (χ3n) is 5.01. The van der Waals surface area contributed by atoms with Crippen molar-refractivity contribution in [1.82, 2.24) is 15.5 Å². The van der Waals surface area contributed by atoms with Crippen molar-refractivity contribution < 1.29 is 9.53 Å². The summed E-state index contributed by atoms with van der Waals surface area (Å²) in [5.74, 6) is 1.81. The third-order valence-corrected chi connectivity index (χ3v) is 5.01. The highest BCUT2D eigenvalue weighted by Gasteiger charge is 2.22. The number of amides is 1. The minimum Gasteiger partial charge on any atom is -0.491 e. The summed E-state index contributed by atoms with van der Waals surface area (Å²) in [5.41, 5.74) is 2.26. The van der Waals surface area contributed by atoms with Gasteiger partial charge in [-0.3, -0.25) is 9.79 Å². The smallest absolute Gasteiger partial charge is 0.224 e. The fourth-order valence-corrected chi connectivity index (χ4v) is 3.47. The molecule has 6 nitrogen and oxygen atoms in total. The number of likely N-dealkylation sites (tertiary alicyclic amines) is 1. The average molecular weight is 516 g/mol. The lowest BCUT2D eigenvalue weighted by Gasteiger charge is -2.33. The van der Waals surface area contributed by atoms with E-state index in [1.54, 1.807) is 7.05 Å².